The van der Waals surface area contributed by atoms with Crippen LogP contribution in [0.4, 0.5) is 0 Å². The molecule has 1 aromatic carbocycles. The molecule has 0 saturated carbocycles. The fraction of sp³-hybridized carbons (Fsp3) is 0.500. The first-order valence-electron chi connectivity index (χ1n) is 6.61. The van der Waals surface area contributed by atoms with Gasteiger partial charge in [0.2, 0.25) is 0 Å². The zero-order valence-corrected chi connectivity index (χ0v) is 11.6. The van der Waals surface area contributed by atoms with Gasteiger partial charge in [0.1, 0.15) is 5.75 Å². The normalized spacial score (nSPS) is 12.2. The number of benzene rings is 1. The van der Waals surface area contributed by atoms with Gasteiger partial charge in [-0.15, -0.1) is 6.42 Å². The monoisotopic (exact) mass is 245 g/mol. The second-order valence-electron chi connectivity index (χ2n) is 4.66. The van der Waals surface area contributed by atoms with Crippen molar-refractivity contribution in [2.24, 2.45) is 0 Å². The van der Waals surface area contributed by atoms with E-state index in [1.807, 2.05) is 32.0 Å². The molecule has 2 nitrogen and oxygen atoms in total. The van der Waals surface area contributed by atoms with E-state index in [9.17, 15) is 0 Å². The summed E-state index contributed by atoms with van der Waals surface area (Å²) in [6.45, 7) is 6.96. The molecule has 0 heterocycles. The number of hydrogen-bond donors (Lipinski definition) is 1. The SMILES string of the molecule is C#CC(CCC)NCc1ccccc1OC(C)C. The van der Waals surface area contributed by atoms with Crippen LogP contribution in [0, 0.1) is 12.3 Å². The van der Waals surface area contributed by atoms with E-state index in [0.717, 1.165) is 30.7 Å². The Balaban J connectivity index is 2.63. The Bertz CT molecular complexity index is 392. The highest BCUT2D eigenvalue weighted by Gasteiger charge is 2.07. The molecule has 0 aliphatic carbocycles. The van der Waals surface area contributed by atoms with Gasteiger partial charge in [0.15, 0.2) is 0 Å². The van der Waals surface area contributed by atoms with Crippen LogP contribution in [0.25, 0.3) is 0 Å². The highest BCUT2D eigenvalue weighted by Crippen LogP contribution is 2.19. The lowest BCUT2D eigenvalue weighted by molar-refractivity contribution is 0.239. The van der Waals surface area contributed by atoms with Gasteiger partial charge in [-0.3, -0.25) is 5.32 Å². The Morgan fingerprint density at radius 2 is 2.06 bits per heavy atom. The fourth-order valence-corrected chi connectivity index (χ4v) is 1.78. The fourth-order valence-electron chi connectivity index (χ4n) is 1.78. The molecule has 0 radical (unpaired) electrons. The lowest BCUT2D eigenvalue weighted by atomic mass is 10.1. The van der Waals surface area contributed by atoms with E-state index in [1.54, 1.807) is 0 Å². The van der Waals surface area contributed by atoms with Crippen molar-refractivity contribution in [2.45, 2.75) is 52.3 Å². The van der Waals surface area contributed by atoms with Crippen molar-refractivity contribution in [3.05, 3.63) is 29.8 Å². The van der Waals surface area contributed by atoms with Crippen LogP contribution < -0.4 is 10.1 Å². The molecule has 0 aliphatic rings. The second kappa shape index (κ2) is 7.79. The standard InChI is InChI=1S/C16H23NO/c1-5-9-15(6-2)17-12-14-10-7-8-11-16(14)18-13(3)4/h2,7-8,10-11,13,15,17H,5,9,12H2,1,3-4H3. The van der Waals surface area contributed by atoms with Gasteiger partial charge < -0.3 is 4.74 Å². The molecule has 0 saturated heterocycles. The van der Waals surface area contributed by atoms with Crippen molar-refractivity contribution in [2.75, 3.05) is 0 Å². The minimum atomic E-state index is 0.141. The van der Waals surface area contributed by atoms with Gasteiger partial charge in [-0.2, -0.15) is 0 Å². The number of ether oxygens (including phenoxy) is 1. The van der Waals surface area contributed by atoms with Crippen molar-refractivity contribution in [1.29, 1.82) is 0 Å². The Morgan fingerprint density at radius 3 is 2.67 bits per heavy atom. The van der Waals surface area contributed by atoms with Gasteiger partial charge in [-0.1, -0.05) is 37.5 Å². The van der Waals surface area contributed by atoms with Crippen LogP contribution in [-0.2, 0) is 6.54 Å². The highest BCUT2D eigenvalue weighted by atomic mass is 16.5. The van der Waals surface area contributed by atoms with Crippen LogP contribution in [0.3, 0.4) is 0 Å². The predicted octanol–water partition coefficient (Wildman–Crippen LogP) is 3.37. The second-order valence-corrected chi connectivity index (χ2v) is 4.66. The molecular formula is C16H23NO. The molecule has 18 heavy (non-hydrogen) atoms. The molecule has 1 unspecified atom stereocenters. The molecule has 2 heteroatoms. The molecule has 0 amide bonds. The first-order valence-corrected chi connectivity index (χ1v) is 6.61. The molecule has 1 atom stereocenters. The van der Waals surface area contributed by atoms with Crippen LogP contribution in [0.15, 0.2) is 24.3 Å². The van der Waals surface area contributed by atoms with Gasteiger partial charge in [0, 0.05) is 12.1 Å². The van der Waals surface area contributed by atoms with E-state index in [0.29, 0.717) is 0 Å². The van der Waals surface area contributed by atoms with E-state index in [-0.39, 0.29) is 12.1 Å². The van der Waals surface area contributed by atoms with Gasteiger partial charge in [0.05, 0.1) is 12.1 Å². The van der Waals surface area contributed by atoms with Gasteiger partial charge >= 0.3 is 0 Å². The summed E-state index contributed by atoms with van der Waals surface area (Å²) >= 11 is 0. The third kappa shape index (κ3) is 4.81. The number of para-hydroxylation sites is 1. The molecule has 0 aliphatic heterocycles. The van der Waals surface area contributed by atoms with Gasteiger partial charge in [0.25, 0.3) is 0 Å². The first kappa shape index (κ1) is 14.6. The molecule has 0 fully saturated rings. The zero-order valence-electron chi connectivity index (χ0n) is 11.6. The molecule has 0 spiro atoms. The molecule has 98 valence electrons. The summed E-state index contributed by atoms with van der Waals surface area (Å²) in [5, 5.41) is 3.38. The minimum absolute atomic E-state index is 0.141. The lowest BCUT2D eigenvalue weighted by Crippen LogP contribution is -2.27. The number of hydrogen-bond acceptors (Lipinski definition) is 2. The smallest absolute Gasteiger partial charge is 0.124 e. The third-order valence-corrected chi connectivity index (χ3v) is 2.65. The van der Waals surface area contributed by atoms with E-state index < -0.39 is 0 Å². The van der Waals surface area contributed by atoms with Crippen molar-refractivity contribution in [1.82, 2.24) is 5.32 Å². The molecule has 0 bridgehead atoms. The highest BCUT2D eigenvalue weighted by molar-refractivity contribution is 5.33. The lowest BCUT2D eigenvalue weighted by Gasteiger charge is -2.16. The summed E-state index contributed by atoms with van der Waals surface area (Å²) in [6, 6.07) is 8.23. The number of rotatable bonds is 7. The topological polar surface area (TPSA) is 21.3 Å². The largest absolute Gasteiger partial charge is 0.491 e. The summed E-state index contributed by atoms with van der Waals surface area (Å²) < 4.78 is 5.78. The molecule has 1 rings (SSSR count). The summed E-state index contributed by atoms with van der Waals surface area (Å²) in [4.78, 5) is 0. The van der Waals surface area contributed by atoms with Crippen LogP contribution in [-0.4, -0.2) is 12.1 Å². The van der Waals surface area contributed by atoms with Gasteiger partial charge in [-0.05, 0) is 26.3 Å². The third-order valence-electron chi connectivity index (χ3n) is 2.65. The molecule has 0 aromatic heterocycles. The average Bonchev–Trinajstić information content (AvgIpc) is 2.35. The minimum Gasteiger partial charge on any atom is -0.491 e. The summed E-state index contributed by atoms with van der Waals surface area (Å²) in [5.41, 5.74) is 1.16. The van der Waals surface area contributed by atoms with E-state index in [4.69, 9.17) is 11.2 Å². The van der Waals surface area contributed by atoms with Crippen LogP contribution in [0.2, 0.25) is 0 Å². The average molecular weight is 245 g/mol. The quantitative estimate of drug-likeness (QED) is 0.744. The van der Waals surface area contributed by atoms with Gasteiger partial charge in [-0.25, -0.2) is 0 Å². The summed E-state index contributed by atoms with van der Waals surface area (Å²) in [7, 11) is 0. The number of terminal acetylenes is 1. The Morgan fingerprint density at radius 1 is 1.33 bits per heavy atom. The van der Waals surface area contributed by atoms with Crippen molar-refractivity contribution in [3.63, 3.8) is 0 Å². The maximum Gasteiger partial charge on any atom is 0.124 e. The van der Waals surface area contributed by atoms with Crippen molar-refractivity contribution < 1.29 is 4.74 Å². The summed E-state index contributed by atoms with van der Waals surface area (Å²) in [5.74, 6) is 3.72. The van der Waals surface area contributed by atoms with E-state index in [2.05, 4.69) is 24.2 Å². The van der Waals surface area contributed by atoms with Crippen LogP contribution in [0.1, 0.15) is 39.2 Å². The molecular weight excluding hydrogens is 222 g/mol. The maximum absolute atomic E-state index is 5.78. The van der Waals surface area contributed by atoms with Crippen molar-refractivity contribution in [3.8, 4) is 18.1 Å². The maximum atomic E-state index is 5.78. The Kier molecular flexibility index (Phi) is 6.32. The van der Waals surface area contributed by atoms with Crippen LogP contribution in [0.5, 0.6) is 5.75 Å². The Labute approximate surface area is 111 Å². The molecule has 1 aromatic rings. The first-order chi connectivity index (χ1) is 8.67. The van der Waals surface area contributed by atoms with Crippen LogP contribution >= 0.6 is 0 Å². The number of nitrogens with one attached hydrogen (secondary N) is 1. The van der Waals surface area contributed by atoms with Crippen molar-refractivity contribution >= 4 is 0 Å². The molecule has 1 N–H and O–H groups in total. The Hall–Kier alpha value is -1.46. The van der Waals surface area contributed by atoms with E-state index in [1.165, 1.54) is 0 Å². The predicted molar refractivity (Wildman–Crippen MR) is 76.6 cm³/mol. The van der Waals surface area contributed by atoms with E-state index >= 15 is 0 Å². The summed E-state index contributed by atoms with van der Waals surface area (Å²) in [6.07, 6.45) is 7.78. The zero-order chi connectivity index (χ0) is 13.4.